The highest BCUT2D eigenvalue weighted by Gasteiger charge is 2.19. The van der Waals surface area contributed by atoms with Crippen LogP contribution in [0.25, 0.3) is 0 Å². The molecule has 2 heterocycles. The normalized spacial score (nSPS) is 10.7. The predicted molar refractivity (Wildman–Crippen MR) is 107 cm³/mol. The van der Waals surface area contributed by atoms with Crippen LogP contribution in [-0.4, -0.2) is 29.0 Å². The lowest BCUT2D eigenvalue weighted by Crippen LogP contribution is -2.27. The van der Waals surface area contributed by atoms with Crippen LogP contribution in [0.2, 0.25) is 0 Å². The molecule has 2 amide bonds. The van der Waals surface area contributed by atoms with Crippen molar-refractivity contribution in [1.29, 1.82) is 0 Å². The van der Waals surface area contributed by atoms with Crippen molar-refractivity contribution in [3.05, 3.63) is 70.7 Å². The highest BCUT2D eigenvalue weighted by atomic mass is 32.2. The Hall–Kier alpha value is -3.13. The SMILES string of the molecule is Cc1noc(C)c1CSc1ncccc1C(=O)N(C)c1ccc(C(N)=O)cc1. The first-order valence-electron chi connectivity index (χ1n) is 8.56. The smallest absolute Gasteiger partial charge is 0.260 e. The molecule has 28 heavy (non-hydrogen) atoms. The molecule has 3 aromatic rings. The summed E-state index contributed by atoms with van der Waals surface area (Å²) in [5.41, 5.74) is 8.65. The molecule has 0 atom stereocenters. The van der Waals surface area contributed by atoms with Gasteiger partial charge in [0.05, 0.1) is 11.3 Å². The zero-order valence-electron chi connectivity index (χ0n) is 15.8. The first-order valence-corrected chi connectivity index (χ1v) is 9.54. The highest BCUT2D eigenvalue weighted by molar-refractivity contribution is 7.98. The maximum Gasteiger partial charge on any atom is 0.260 e. The molecule has 144 valence electrons. The van der Waals surface area contributed by atoms with Gasteiger partial charge < -0.3 is 15.2 Å². The Morgan fingerprint density at radius 2 is 1.89 bits per heavy atom. The van der Waals surface area contributed by atoms with E-state index in [-0.39, 0.29) is 5.91 Å². The number of carbonyl (C=O) groups is 2. The summed E-state index contributed by atoms with van der Waals surface area (Å²) in [6.07, 6.45) is 1.66. The standard InChI is InChI=1S/C20H20N4O3S/c1-12-17(13(2)27-23-12)11-28-19-16(5-4-10-22-19)20(26)24(3)15-8-6-14(7-9-15)18(21)25/h4-10H,11H2,1-3H3,(H2,21,25). The van der Waals surface area contributed by atoms with Gasteiger partial charge in [0.1, 0.15) is 10.8 Å². The Labute approximate surface area is 166 Å². The summed E-state index contributed by atoms with van der Waals surface area (Å²) < 4.78 is 5.19. The predicted octanol–water partition coefficient (Wildman–Crippen LogP) is 3.35. The molecular weight excluding hydrogens is 376 g/mol. The number of nitrogens with two attached hydrogens (primary N) is 1. The summed E-state index contributed by atoms with van der Waals surface area (Å²) in [6, 6.07) is 10.0. The highest BCUT2D eigenvalue weighted by Crippen LogP contribution is 2.28. The largest absolute Gasteiger partial charge is 0.366 e. The lowest BCUT2D eigenvalue weighted by molar-refractivity contribution is 0.0986. The molecule has 0 aliphatic carbocycles. The number of benzene rings is 1. The van der Waals surface area contributed by atoms with Crippen LogP contribution in [0.3, 0.4) is 0 Å². The topological polar surface area (TPSA) is 102 Å². The molecule has 0 aliphatic rings. The molecule has 0 fully saturated rings. The van der Waals surface area contributed by atoms with Crippen molar-refractivity contribution in [2.24, 2.45) is 5.73 Å². The first kappa shape index (κ1) is 19.6. The second-order valence-corrected chi connectivity index (χ2v) is 7.19. The average molecular weight is 396 g/mol. The maximum absolute atomic E-state index is 13.0. The number of amides is 2. The van der Waals surface area contributed by atoms with Gasteiger partial charge in [0.2, 0.25) is 5.91 Å². The second kappa shape index (κ2) is 8.26. The third kappa shape index (κ3) is 4.07. The summed E-state index contributed by atoms with van der Waals surface area (Å²) in [5.74, 6) is 0.669. The van der Waals surface area contributed by atoms with E-state index >= 15 is 0 Å². The molecule has 0 bridgehead atoms. The van der Waals surface area contributed by atoms with Gasteiger partial charge in [0.15, 0.2) is 0 Å². The third-order valence-electron chi connectivity index (χ3n) is 4.38. The molecule has 8 heteroatoms. The number of pyridine rings is 1. The zero-order chi connectivity index (χ0) is 20.3. The van der Waals surface area contributed by atoms with E-state index < -0.39 is 5.91 Å². The van der Waals surface area contributed by atoms with Crippen LogP contribution in [-0.2, 0) is 5.75 Å². The van der Waals surface area contributed by atoms with Gasteiger partial charge in [-0.1, -0.05) is 5.16 Å². The molecule has 2 N–H and O–H groups in total. The van der Waals surface area contributed by atoms with Crippen molar-refractivity contribution in [2.75, 3.05) is 11.9 Å². The molecule has 0 saturated carbocycles. The number of aryl methyl sites for hydroxylation is 2. The molecule has 0 unspecified atom stereocenters. The van der Waals surface area contributed by atoms with Gasteiger partial charge in [-0.3, -0.25) is 9.59 Å². The molecule has 0 saturated heterocycles. The Bertz CT molecular complexity index is 995. The minimum atomic E-state index is -0.509. The van der Waals surface area contributed by atoms with Gasteiger partial charge in [0.25, 0.3) is 5.91 Å². The van der Waals surface area contributed by atoms with Crippen LogP contribution in [0.15, 0.2) is 52.1 Å². The minimum absolute atomic E-state index is 0.193. The first-order chi connectivity index (χ1) is 13.4. The van der Waals surface area contributed by atoms with Gasteiger partial charge in [-0.05, 0) is 50.2 Å². The fourth-order valence-corrected chi connectivity index (χ4v) is 3.80. The second-order valence-electron chi connectivity index (χ2n) is 6.22. The van der Waals surface area contributed by atoms with Crippen LogP contribution in [0.4, 0.5) is 5.69 Å². The minimum Gasteiger partial charge on any atom is -0.366 e. The van der Waals surface area contributed by atoms with Gasteiger partial charge in [-0.2, -0.15) is 0 Å². The van der Waals surface area contributed by atoms with Crippen molar-refractivity contribution >= 4 is 29.3 Å². The van der Waals surface area contributed by atoms with Gasteiger partial charge >= 0.3 is 0 Å². The molecule has 0 aliphatic heterocycles. The quantitative estimate of drug-likeness (QED) is 0.641. The number of thioether (sulfide) groups is 1. The van der Waals surface area contributed by atoms with E-state index in [0.29, 0.717) is 27.6 Å². The van der Waals surface area contributed by atoms with E-state index in [0.717, 1.165) is 17.0 Å². The molecular formula is C20H20N4O3S. The Morgan fingerprint density at radius 1 is 1.18 bits per heavy atom. The van der Waals surface area contributed by atoms with Gasteiger partial charge in [0, 0.05) is 35.8 Å². The molecule has 0 spiro atoms. The number of hydrogen-bond acceptors (Lipinski definition) is 6. The summed E-state index contributed by atoms with van der Waals surface area (Å²) in [5, 5.41) is 4.59. The van der Waals surface area contributed by atoms with Crippen LogP contribution in [0, 0.1) is 13.8 Å². The van der Waals surface area contributed by atoms with E-state index in [4.69, 9.17) is 10.3 Å². The van der Waals surface area contributed by atoms with E-state index in [1.807, 2.05) is 13.8 Å². The molecule has 2 aromatic heterocycles. The lowest BCUT2D eigenvalue weighted by Gasteiger charge is -2.19. The summed E-state index contributed by atoms with van der Waals surface area (Å²) in [4.78, 5) is 30.1. The number of anilines is 1. The molecule has 1 aromatic carbocycles. The van der Waals surface area contributed by atoms with Gasteiger partial charge in [-0.25, -0.2) is 4.98 Å². The van der Waals surface area contributed by atoms with E-state index in [1.165, 1.54) is 16.7 Å². The van der Waals surface area contributed by atoms with Crippen LogP contribution in [0.5, 0.6) is 0 Å². The number of aromatic nitrogens is 2. The Kier molecular flexibility index (Phi) is 5.79. The van der Waals surface area contributed by atoms with Crippen molar-refractivity contribution in [1.82, 2.24) is 10.1 Å². The number of primary amides is 1. The fraction of sp³-hybridized carbons (Fsp3) is 0.200. The number of nitrogens with zero attached hydrogens (tertiary/aromatic N) is 3. The third-order valence-corrected chi connectivity index (χ3v) is 5.41. The van der Waals surface area contributed by atoms with E-state index in [2.05, 4.69) is 10.1 Å². The number of rotatable bonds is 6. The molecule has 0 radical (unpaired) electrons. The Balaban J connectivity index is 1.81. The van der Waals surface area contributed by atoms with Crippen molar-refractivity contribution < 1.29 is 14.1 Å². The maximum atomic E-state index is 13.0. The molecule has 3 rings (SSSR count). The summed E-state index contributed by atoms with van der Waals surface area (Å²) in [7, 11) is 1.68. The average Bonchev–Trinajstić information content (AvgIpc) is 3.03. The van der Waals surface area contributed by atoms with Crippen LogP contribution < -0.4 is 10.6 Å². The Morgan fingerprint density at radius 3 is 2.50 bits per heavy atom. The monoisotopic (exact) mass is 396 g/mol. The van der Waals surface area contributed by atoms with Crippen LogP contribution >= 0.6 is 11.8 Å². The van der Waals surface area contributed by atoms with Crippen molar-refractivity contribution in [3.8, 4) is 0 Å². The van der Waals surface area contributed by atoms with Gasteiger partial charge in [-0.15, -0.1) is 11.8 Å². The lowest BCUT2D eigenvalue weighted by atomic mass is 10.1. The summed E-state index contributed by atoms with van der Waals surface area (Å²) >= 11 is 1.46. The van der Waals surface area contributed by atoms with Crippen molar-refractivity contribution in [3.63, 3.8) is 0 Å². The zero-order valence-corrected chi connectivity index (χ0v) is 16.6. The van der Waals surface area contributed by atoms with Crippen LogP contribution in [0.1, 0.15) is 37.7 Å². The summed E-state index contributed by atoms with van der Waals surface area (Å²) in [6.45, 7) is 3.75. The van der Waals surface area contributed by atoms with E-state index in [9.17, 15) is 9.59 Å². The molecule has 7 nitrogen and oxygen atoms in total. The number of carbonyl (C=O) groups excluding carboxylic acids is 2. The van der Waals surface area contributed by atoms with E-state index in [1.54, 1.807) is 49.6 Å². The fourth-order valence-electron chi connectivity index (χ4n) is 2.66. The number of hydrogen-bond donors (Lipinski definition) is 1. The van der Waals surface area contributed by atoms with Crippen molar-refractivity contribution in [2.45, 2.75) is 24.6 Å².